The molecule has 3 heterocycles. The van der Waals surface area contributed by atoms with Crippen LogP contribution in [0.1, 0.15) is 34.9 Å². The monoisotopic (exact) mass is 476 g/mol. The fraction of sp³-hybridized carbons (Fsp3) is 0.160. The van der Waals surface area contributed by atoms with Crippen LogP contribution < -0.4 is 5.32 Å². The Kier molecular flexibility index (Phi) is 5.74. The van der Waals surface area contributed by atoms with E-state index in [1.54, 1.807) is 28.4 Å². The lowest BCUT2D eigenvalue weighted by atomic mass is 9.94. The third-order valence-electron chi connectivity index (χ3n) is 5.63. The number of carbonyl (C=O) groups excluding carboxylic acids is 1. The maximum Gasteiger partial charge on any atom is 0.322 e. The number of halogens is 1. The number of allylic oxidation sites excluding steroid dienone is 1. The number of thiophene rings is 1. The van der Waals surface area contributed by atoms with Crippen molar-refractivity contribution in [1.82, 2.24) is 20.4 Å². The van der Waals surface area contributed by atoms with Gasteiger partial charge in [0.05, 0.1) is 18.2 Å². The van der Waals surface area contributed by atoms with Crippen molar-refractivity contribution in [2.45, 2.75) is 26.4 Å². The maximum atomic E-state index is 13.1. The van der Waals surface area contributed by atoms with Crippen molar-refractivity contribution in [3.63, 3.8) is 0 Å². The number of hydrogen-bond donors (Lipinski definition) is 1. The minimum atomic E-state index is -0.444. The van der Waals surface area contributed by atoms with E-state index in [-0.39, 0.29) is 6.03 Å². The summed E-state index contributed by atoms with van der Waals surface area (Å²) in [6, 6.07) is 18.7. The van der Waals surface area contributed by atoms with Crippen molar-refractivity contribution in [2.24, 2.45) is 0 Å². The van der Waals surface area contributed by atoms with E-state index in [0.29, 0.717) is 23.3 Å². The molecule has 0 saturated heterocycles. The normalized spacial score (nSPS) is 16.3. The maximum absolute atomic E-state index is 13.1. The Hall–Kier alpha value is -3.42. The van der Waals surface area contributed by atoms with Gasteiger partial charge in [-0.2, -0.15) is 4.98 Å². The number of nitrogens with zero attached hydrogens (tertiary/aromatic N) is 3. The lowest BCUT2D eigenvalue weighted by Crippen LogP contribution is -2.45. The highest BCUT2D eigenvalue weighted by atomic mass is 35.5. The van der Waals surface area contributed by atoms with Gasteiger partial charge in [0.2, 0.25) is 5.82 Å². The van der Waals surface area contributed by atoms with Gasteiger partial charge in [0.25, 0.3) is 5.89 Å². The van der Waals surface area contributed by atoms with Gasteiger partial charge in [-0.25, -0.2) is 4.79 Å². The fourth-order valence-electron chi connectivity index (χ4n) is 3.95. The summed E-state index contributed by atoms with van der Waals surface area (Å²) < 4.78 is 5.74. The molecule has 0 fully saturated rings. The number of carbonyl (C=O) groups is 1. The van der Waals surface area contributed by atoms with Gasteiger partial charge in [-0.15, -0.1) is 11.3 Å². The van der Waals surface area contributed by atoms with Crippen LogP contribution in [0, 0.1) is 6.92 Å². The van der Waals surface area contributed by atoms with Gasteiger partial charge < -0.3 is 9.84 Å². The van der Waals surface area contributed by atoms with Crippen LogP contribution in [-0.4, -0.2) is 21.1 Å². The zero-order chi connectivity index (χ0) is 22.9. The van der Waals surface area contributed by atoms with Crippen LogP contribution in [0.3, 0.4) is 0 Å². The minimum absolute atomic E-state index is 0.178. The van der Waals surface area contributed by atoms with Crippen molar-refractivity contribution in [3.05, 3.63) is 98.7 Å². The van der Waals surface area contributed by atoms with Gasteiger partial charge in [0.1, 0.15) is 0 Å². The lowest BCUT2D eigenvalue weighted by molar-refractivity contribution is 0.203. The van der Waals surface area contributed by atoms with E-state index >= 15 is 0 Å². The predicted octanol–water partition coefficient (Wildman–Crippen LogP) is 6.46. The molecule has 33 heavy (non-hydrogen) atoms. The highest BCUT2D eigenvalue weighted by Gasteiger charge is 2.35. The molecule has 0 bridgehead atoms. The molecule has 1 N–H and O–H groups in total. The molecule has 166 valence electrons. The molecule has 2 aromatic carbocycles. The molecule has 1 atom stereocenters. The first-order chi connectivity index (χ1) is 16.0. The van der Waals surface area contributed by atoms with Gasteiger partial charge in [-0.1, -0.05) is 58.7 Å². The summed E-state index contributed by atoms with van der Waals surface area (Å²) in [7, 11) is 0. The van der Waals surface area contributed by atoms with Crippen LogP contribution >= 0.6 is 22.9 Å². The van der Waals surface area contributed by atoms with E-state index in [0.717, 1.165) is 32.8 Å². The average molecular weight is 477 g/mol. The quantitative estimate of drug-likeness (QED) is 0.359. The molecule has 1 unspecified atom stereocenters. The second-order valence-corrected chi connectivity index (χ2v) is 9.36. The van der Waals surface area contributed by atoms with E-state index in [9.17, 15) is 4.79 Å². The van der Waals surface area contributed by atoms with E-state index in [2.05, 4.69) is 10.5 Å². The molecule has 0 spiro atoms. The SMILES string of the molecule is CC1=C(c2nc(-c3cccc(C)c3)no2)C(c2ccc(Cl)cc2)NC(=O)N1Cc1cccs1. The van der Waals surface area contributed by atoms with Crippen molar-refractivity contribution < 1.29 is 9.32 Å². The molecule has 2 aromatic heterocycles. The van der Waals surface area contributed by atoms with E-state index in [1.807, 2.05) is 67.8 Å². The second kappa shape index (κ2) is 8.84. The van der Waals surface area contributed by atoms with Gasteiger partial charge in [-0.3, -0.25) is 4.90 Å². The summed E-state index contributed by atoms with van der Waals surface area (Å²) in [6.45, 7) is 4.40. The van der Waals surface area contributed by atoms with E-state index < -0.39 is 6.04 Å². The zero-order valence-corrected chi connectivity index (χ0v) is 19.7. The number of aromatic nitrogens is 2. The molecule has 6 nitrogen and oxygen atoms in total. The van der Waals surface area contributed by atoms with Gasteiger partial charge >= 0.3 is 6.03 Å². The molecule has 0 aliphatic carbocycles. The van der Waals surface area contributed by atoms with Crippen LogP contribution in [0.15, 0.2) is 76.3 Å². The molecular formula is C25H21ClN4O2S. The van der Waals surface area contributed by atoms with Crippen LogP contribution in [0.2, 0.25) is 5.02 Å². The number of rotatable bonds is 5. The van der Waals surface area contributed by atoms with Gasteiger partial charge in [-0.05, 0) is 49.1 Å². The van der Waals surface area contributed by atoms with Crippen molar-refractivity contribution in [3.8, 4) is 11.4 Å². The Morgan fingerprint density at radius 3 is 2.67 bits per heavy atom. The molecular weight excluding hydrogens is 456 g/mol. The summed E-state index contributed by atoms with van der Waals surface area (Å²) in [5.41, 5.74) is 4.40. The van der Waals surface area contributed by atoms with E-state index in [4.69, 9.17) is 21.1 Å². The van der Waals surface area contributed by atoms with Crippen LogP contribution in [-0.2, 0) is 6.54 Å². The molecule has 1 aliphatic heterocycles. The lowest BCUT2D eigenvalue weighted by Gasteiger charge is -2.35. The molecule has 8 heteroatoms. The molecule has 5 rings (SSSR count). The Labute approximate surface area is 200 Å². The Balaban J connectivity index is 1.60. The van der Waals surface area contributed by atoms with Crippen LogP contribution in [0.4, 0.5) is 4.79 Å². The fourth-order valence-corrected chi connectivity index (χ4v) is 4.77. The highest BCUT2D eigenvalue weighted by molar-refractivity contribution is 7.09. The number of hydrogen-bond acceptors (Lipinski definition) is 5. The number of amides is 2. The zero-order valence-electron chi connectivity index (χ0n) is 18.1. The molecule has 0 saturated carbocycles. The third kappa shape index (κ3) is 4.29. The third-order valence-corrected chi connectivity index (χ3v) is 6.74. The second-order valence-electron chi connectivity index (χ2n) is 7.89. The minimum Gasteiger partial charge on any atom is -0.334 e. The number of benzene rings is 2. The number of urea groups is 1. The van der Waals surface area contributed by atoms with Crippen LogP contribution in [0.5, 0.6) is 0 Å². The smallest absolute Gasteiger partial charge is 0.322 e. The van der Waals surface area contributed by atoms with Crippen molar-refractivity contribution in [2.75, 3.05) is 0 Å². The van der Waals surface area contributed by atoms with Gasteiger partial charge in [0.15, 0.2) is 0 Å². The Bertz CT molecular complexity index is 1330. The summed E-state index contributed by atoms with van der Waals surface area (Å²) in [5, 5.41) is 9.97. The largest absolute Gasteiger partial charge is 0.334 e. The molecule has 0 radical (unpaired) electrons. The topological polar surface area (TPSA) is 71.3 Å². The van der Waals surface area contributed by atoms with Gasteiger partial charge in [0, 0.05) is 21.2 Å². The highest BCUT2D eigenvalue weighted by Crippen LogP contribution is 2.38. The first-order valence-corrected chi connectivity index (χ1v) is 11.7. The van der Waals surface area contributed by atoms with Crippen molar-refractivity contribution >= 4 is 34.5 Å². The average Bonchev–Trinajstić information content (AvgIpc) is 3.49. The Morgan fingerprint density at radius 1 is 1.12 bits per heavy atom. The summed E-state index contributed by atoms with van der Waals surface area (Å²) in [5.74, 6) is 0.880. The number of nitrogens with one attached hydrogen (secondary N) is 1. The molecule has 1 aliphatic rings. The first-order valence-electron chi connectivity index (χ1n) is 10.5. The first kappa shape index (κ1) is 21.4. The number of aryl methyl sites for hydroxylation is 1. The summed E-state index contributed by atoms with van der Waals surface area (Å²) >= 11 is 7.71. The summed E-state index contributed by atoms with van der Waals surface area (Å²) in [6.07, 6.45) is 0. The molecule has 2 amide bonds. The predicted molar refractivity (Wildman–Crippen MR) is 130 cm³/mol. The Morgan fingerprint density at radius 2 is 1.94 bits per heavy atom. The summed E-state index contributed by atoms with van der Waals surface area (Å²) in [4.78, 5) is 20.6. The van der Waals surface area contributed by atoms with E-state index in [1.165, 1.54) is 0 Å². The van der Waals surface area contributed by atoms with Crippen LogP contribution in [0.25, 0.3) is 17.0 Å². The van der Waals surface area contributed by atoms with Crippen molar-refractivity contribution in [1.29, 1.82) is 0 Å². The molecule has 4 aromatic rings. The standard InChI is InChI=1S/C25H21ClN4O2S/c1-15-5-3-6-18(13-15)23-28-24(32-29-23)21-16(2)30(14-20-7-4-12-33-20)25(31)27-22(21)17-8-10-19(26)11-9-17/h3-13,22H,14H2,1-2H3,(H,27,31).